The third kappa shape index (κ3) is 6.00. The van der Waals surface area contributed by atoms with Crippen LogP contribution in [0.15, 0.2) is 59.2 Å². The predicted molar refractivity (Wildman–Crippen MR) is 114 cm³/mol. The number of rotatable bonds is 8. The van der Waals surface area contributed by atoms with Gasteiger partial charge in [-0.05, 0) is 40.2 Å². The summed E-state index contributed by atoms with van der Waals surface area (Å²) in [6.45, 7) is -2.98. The Morgan fingerprint density at radius 3 is 2.30 bits per heavy atom. The summed E-state index contributed by atoms with van der Waals surface area (Å²) in [4.78, 5) is 8.43. The smallest absolute Gasteiger partial charge is 0.387 e. The molecule has 8 nitrogen and oxygen atoms in total. The van der Waals surface area contributed by atoms with Gasteiger partial charge in [0.2, 0.25) is 16.0 Å². The molecule has 0 aliphatic carbocycles. The minimum Gasteiger partial charge on any atom is -0.433 e. The van der Waals surface area contributed by atoms with Gasteiger partial charge in [0.1, 0.15) is 11.6 Å². The van der Waals surface area contributed by atoms with Gasteiger partial charge in [-0.3, -0.25) is 4.72 Å². The maximum atomic E-state index is 12.6. The Bertz CT molecular complexity index is 1150. The van der Waals surface area contributed by atoms with E-state index in [1.807, 2.05) is 0 Å². The number of anilines is 5. The molecule has 0 unspecified atom stereocenters. The molecular weight excluding hydrogens is 484 g/mol. The van der Waals surface area contributed by atoms with Gasteiger partial charge in [-0.25, -0.2) is 13.4 Å². The van der Waals surface area contributed by atoms with E-state index in [2.05, 4.69) is 46.0 Å². The number of halogens is 3. The molecule has 0 spiro atoms. The molecule has 12 heteroatoms. The molecule has 0 radical (unpaired) electrons. The highest BCUT2D eigenvalue weighted by Gasteiger charge is 2.13. The van der Waals surface area contributed by atoms with Gasteiger partial charge in [0.05, 0.1) is 27.8 Å². The van der Waals surface area contributed by atoms with Crippen molar-refractivity contribution in [2.24, 2.45) is 0 Å². The van der Waals surface area contributed by atoms with Crippen LogP contribution in [0.3, 0.4) is 0 Å². The molecule has 3 aromatic rings. The highest BCUT2D eigenvalue weighted by molar-refractivity contribution is 9.10. The van der Waals surface area contributed by atoms with Crippen molar-refractivity contribution in [3.05, 3.63) is 59.2 Å². The molecular formula is C18H16BrF2N5O3S. The molecule has 0 aliphatic rings. The first-order valence-electron chi connectivity index (χ1n) is 8.38. The Balaban J connectivity index is 1.88. The lowest BCUT2D eigenvalue weighted by Crippen LogP contribution is -2.11. The SMILES string of the molecule is CS(=O)(=O)Nc1ccccc1Nc1nc(Nc2ccccc2OC(F)F)ncc1Br. The van der Waals surface area contributed by atoms with E-state index in [9.17, 15) is 17.2 Å². The minimum absolute atomic E-state index is 0.0591. The fourth-order valence-electron chi connectivity index (χ4n) is 2.41. The standard InChI is InChI=1S/C18H16BrF2N5O3S/c1-30(27,28)26-13-7-3-2-6-12(13)23-16-11(19)10-22-18(25-16)24-14-8-4-5-9-15(14)29-17(20)21/h2-10,17,26H,1H3,(H2,22,23,24,25). The molecule has 3 rings (SSSR count). The maximum Gasteiger partial charge on any atom is 0.387 e. The number of alkyl halides is 2. The topological polar surface area (TPSA) is 105 Å². The van der Waals surface area contributed by atoms with Crippen molar-refractivity contribution in [3.8, 4) is 5.75 Å². The van der Waals surface area contributed by atoms with Gasteiger partial charge in [-0.1, -0.05) is 24.3 Å². The van der Waals surface area contributed by atoms with Crippen LogP contribution in [-0.2, 0) is 10.0 Å². The number of sulfonamides is 1. The molecule has 0 bridgehead atoms. The molecule has 0 aliphatic heterocycles. The van der Waals surface area contributed by atoms with Crippen LogP contribution in [0.25, 0.3) is 0 Å². The summed E-state index contributed by atoms with van der Waals surface area (Å²) in [5, 5.41) is 5.85. The van der Waals surface area contributed by atoms with Crippen molar-refractivity contribution >= 4 is 54.8 Å². The molecule has 0 saturated heterocycles. The van der Waals surface area contributed by atoms with E-state index in [0.29, 0.717) is 21.7 Å². The summed E-state index contributed by atoms with van der Waals surface area (Å²) in [7, 11) is -3.49. The van der Waals surface area contributed by atoms with Crippen LogP contribution in [0, 0.1) is 0 Å². The Morgan fingerprint density at radius 1 is 1.00 bits per heavy atom. The summed E-state index contributed by atoms with van der Waals surface area (Å²) >= 11 is 3.33. The number of para-hydroxylation sites is 4. The lowest BCUT2D eigenvalue weighted by atomic mass is 10.2. The molecule has 0 atom stereocenters. The molecule has 0 fully saturated rings. The molecule has 1 aromatic heterocycles. The Labute approximate surface area is 179 Å². The highest BCUT2D eigenvalue weighted by Crippen LogP contribution is 2.31. The van der Waals surface area contributed by atoms with Gasteiger partial charge in [0.15, 0.2) is 0 Å². The largest absolute Gasteiger partial charge is 0.433 e. The minimum atomic E-state index is -3.49. The number of nitrogens with zero attached hydrogens (tertiary/aromatic N) is 2. The lowest BCUT2D eigenvalue weighted by Gasteiger charge is -2.15. The van der Waals surface area contributed by atoms with E-state index < -0.39 is 16.6 Å². The third-order valence-electron chi connectivity index (χ3n) is 3.57. The van der Waals surface area contributed by atoms with Crippen LogP contribution in [-0.4, -0.2) is 31.3 Å². The van der Waals surface area contributed by atoms with Crippen LogP contribution in [0.1, 0.15) is 0 Å². The molecule has 1 heterocycles. The Kier molecular flexibility index (Phi) is 6.67. The first kappa shape index (κ1) is 21.7. The first-order chi connectivity index (χ1) is 14.2. The van der Waals surface area contributed by atoms with Gasteiger partial charge in [0, 0.05) is 6.20 Å². The van der Waals surface area contributed by atoms with Gasteiger partial charge in [0.25, 0.3) is 0 Å². The van der Waals surface area contributed by atoms with Gasteiger partial charge >= 0.3 is 6.61 Å². The molecule has 158 valence electrons. The zero-order valence-electron chi connectivity index (χ0n) is 15.4. The Morgan fingerprint density at radius 2 is 1.63 bits per heavy atom. The first-order valence-corrected chi connectivity index (χ1v) is 11.1. The maximum absolute atomic E-state index is 12.6. The zero-order chi connectivity index (χ0) is 21.7. The van der Waals surface area contributed by atoms with Crippen molar-refractivity contribution in [3.63, 3.8) is 0 Å². The van der Waals surface area contributed by atoms with E-state index in [0.717, 1.165) is 6.26 Å². The summed E-state index contributed by atoms with van der Waals surface area (Å²) in [6, 6.07) is 12.8. The molecule has 2 aromatic carbocycles. The molecule has 3 N–H and O–H groups in total. The van der Waals surface area contributed by atoms with Gasteiger partial charge in [-0.15, -0.1) is 0 Å². The normalized spacial score (nSPS) is 11.2. The average Bonchev–Trinajstić information content (AvgIpc) is 2.66. The van der Waals surface area contributed by atoms with Crippen molar-refractivity contribution in [2.75, 3.05) is 21.6 Å². The highest BCUT2D eigenvalue weighted by atomic mass is 79.9. The number of ether oxygens (including phenoxy) is 1. The van der Waals surface area contributed by atoms with Crippen molar-refractivity contribution < 1.29 is 21.9 Å². The van der Waals surface area contributed by atoms with E-state index in [-0.39, 0.29) is 17.4 Å². The van der Waals surface area contributed by atoms with Crippen molar-refractivity contribution in [1.82, 2.24) is 9.97 Å². The molecule has 0 saturated carbocycles. The summed E-state index contributed by atoms with van der Waals surface area (Å²) in [6.07, 6.45) is 2.51. The van der Waals surface area contributed by atoms with Crippen LogP contribution in [0.4, 0.5) is 37.6 Å². The van der Waals surface area contributed by atoms with E-state index in [1.54, 1.807) is 42.5 Å². The molecule has 30 heavy (non-hydrogen) atoms. The predicted octanol–water partition coefficient (Wildman–Crippen LogP) is 4.70. The molecule has 0 amide bonds. The fourth-order valence-corrected chi connectivity index (χ4v) is 3.28. The van der Waals surface area contributed by atoms with Crippen molar-refractivity contribution in [1.29, 1.82) is 0 Å². The number of benzene rings is 2. The second-order valence-corrected chi connectivity index (χ2v) is 8.54. The van der Waals surface area contributed by atoms with Gasteiger partial charge in [-0.2, -0.15) is 13.8 Å². The second-order valence-electron chi connectivity index (χ2n) is 5.93. The summed E-state index contributed by atoms with van der Waals surface area (Å²) in [5.41, 5.74) is 1.04. The number of aromatic nitrogens is 2. The third-order valence-corrected chi connectivity index (χ3v) is 4.74. The Hall–Kier alpha value is -2.99. The zero-order valence-corrected chi connectivity index (χ0v) is 17.8. The van der Waals surface area contributed by atoms with E-state index in [4.69, 9.17) is 0 Å². The lowest BCUT2D eigenvalue weighted by molar-refractivity contribution is -0.0493. The van der Waals surface area contributed by atoms with Crippen LogP contribution < -0.4 is 20.1 Å². The van der Waals surface area contributed by atoms with E-state index >= 15 is 0 Å². The fraction of sp³-hybridized carbons (Fsp3) is 0.111. The number of hydrogen-bond donors (Lipinski definition) is 3. The number of nitrogens with one attached hydrogen (secondary N) is 3. The number of hydrogen-bond acceptors (Lipinski definition) is 7. The average molecular weight is 500 g/mol. The summed E-state index contributed by atoms with van der Waals surface area (Å²) < 4.78 is 55.8. The summed E-state index contributed by atoms with van der Waals surface area (Å²) in [5.74, 6) is 0.373. The van der Waals surface area contributed by atoms with Crippen LogP contribution >= 0.6 is 15.9 Å². The quantitative estimate of drug-likeness (QED) is 0.412. The monoisotopic (exact) mass is 499 g/mol. The van der Waals surface area contributed by atoms with Crippen LogP contribution in [0.2, 0.25) is 0 Å². The van der Waals surface area contributed by atoms with Gasteiger partial charge < -0.3 is 15.4 Å². The van der Waals surface area contributed by atoms with Crippen molar-refractivity contribution in [2.45, 2.75) is 6.61 Å². The second kappa shape index (κ2) is 9.22. The van der Waals surface area contributed by atoms with Crippen LogP contribution in [0.5, 0.6) is 5.75 Å². The van der Waals surface area contributed by atoms with E-state index in [1.165, 1.54) is 12.3 Å².